The number of hydrogen-bond acceptors (Lipinski definition) is 3. The Balaban J connectivity index is 2.65. The molecule has 0 radical (unpaired) electrons. The lowest BCUT2D eigenvalue weighted by Gasteiger charge is -2.22. The third-order valence-electron chi connectivity index (χ3n) is 2.80. The maximum atomic E-state index is 10.8. The minimum absolute atomic E-state index is 0.125. The Kier molecular flexibility index (Phi) is 5.82. The molecule has 0 saturated heterocycles. The molecule has 0 bridgehead atoms. The van der Waals surface area contributed by atoms with E-state index in [0.29, 0.717) is 5.92 Å². The summed E-state index contributed by atoms with van der Waals surface area (Å²) in [7, 11) is 0. The standard InChI is InChI=1S/C14H22N2O2/c1-10(2)8-12(11-6-4-3-5-7-11)16-9-13(17)14(15)18/h3-7,10,12-13,16-17H,8-9H2,1-2H3,(H2,15,18). The van der Waals surface area contributed by atoms with E-state index in [1.807, 2.05) is 30.3 Å². The number of aliphatic hydroxyl groups is 1. The van der Waals surface area contributed by atoms with Gasteiger partial charge in [0.2, 0.25) is 5.91 Å². The average molecular weight is 250 g/mol. The van der Waals surface area contributed by atoms with Gasteiger partial charge in [-0.25, -0.2) is 0 Å². The number of primary amides is 1. The van der Waals surface area contributed by atoms with E-state index in [1.54, 1.807) is 0 Å². The highest BCUT2D eigenvalue weighted by Gasteiger charge is 2.16. The molecule has 100 valence electrons. The molecule has 0 saturated carbocycles. The molecular weight excluding hydrogens is 228 g/mol. The molecule has 18 heavy (non-hydrogen) atoms. The van der Waals surface area contributed by atoms with Crippen LogP contribution in [0.3, 0.4) is 0 Å². The minimum atomic E-state index is -1.14. The number of benzene rings is 1. The Labute approximate surface area is 108 Å². The zero-order chi connectivity index (χ0) is 13.5. The smallest absolute Gasteiger partial charge is 0.247 e. The normalized spacial score (nSPS) is 14.4. The molecule has 1 aromatic rings. The lowest BCUT2D eigenvalue weighted by atomic mass is 9.97. The fraction of sp³-hybridized carbons (Fsp3) is 0.500. The van der Waals surface area contributed by atoms with Gasteiger partial charge in [-0.2, -0.15) is 0 Å². The van der Waals surface area contributed by atoms with Crippen LogP contribution < -0.4 is 11.1 Å². The van der Waals surface area contributed by atoms with Gasteiger partial charge in [0.15, 0.2) is 0 Å². The van der Waals surface area contributed by atoms with E-state index in [9.17, 15) is 9.90 Å². The van der Waals surface area contributed by atoms with Crippen LogP contribution in [0, 0.1) is 5.92 Å². The second-order valence-corrected chi connectivity index (χ2v) is 4.92. The summed E-state index contributed by atoms with van der Waals surface area (Å²) in [5, 5.41) is 12.6. The Morgan fingerprint density at radius 3 is 2.44 bits per heavy atom. The van der Waals surface area contributed by atoms with Crippen LogP contribution in [-0.4, -0.2) is 23.7 Å². The zero-order valence-electron chi connectivity index (χ0n) is 11.0. The van der Waals surface area contributed by atoms with Gasteiger partial charge >= 0.3 is 0 Å². The molecule has 0 aliphatic heterocycles. The molecule has 0 spiro atoms. The van der Waals surface area contributed by atoms with E-state index in [-0.39, 0.29) is 12.6 Å². The Morgan fingerprint density at radius 2 is 1.94 bits per heavy atom. The first-order valence-corrected chi connectivity index (χ1v) is 6.26. The minimum Gasteiger partial charge on any atom is -0.382 e. The Hall–Kier alpha value is -1.39. The van der Waals surface area contributed by atoms with Gasteiger partial charge in [-0.1, -0.05) is 44.2 Å². The quantitative estimate of drug-likeness (QED) is 0.681. The Morgan fingerprint density at radius 1 is 1.33 bits per heavy atom. The molecule has 1 amide bonds. The largest absolute Gasteiger partial charge is 0.382 e. The molecule has 0 heterocycles. The molecule has 2 atom stereocenters. The van der Waals surface area contributed by atoms with Crippen molar-refractivity contribution in [1.82, 2.24) is 5.32 Å². The van der Waals surface area contributed by atoms with Gasteiger partial charge in [-0.05, 0) is 17.9 Å². The molecule has 0 aromatic heterocycles. The van der Waals surface area contributed by atoms with E-state index in [0.717, 1.165) is 12.0 Å². The molecular formula is C14H22N2O2. The number of nitrogens with two attached hydrogens (primary N) is 1. The van der Waals surface area contributed by atoms with Gasteiger partial charge in [0.1, 0.15) is 6.10 Å². The first-order chi connectivity index (χ1) is 8.50. The lowest BCUT2D eigenvalue weighted by molar-refractivity contribution is -0.125. The summed E-state index contributed by atoms with van der Waals surface area (Å²) in [6.45, 7) is 4.46. The fourth-order valence-corrected chi connectivity index (χ4v) is 1.85. The molecule has 4 heteroatoms. The fourth-order valence-electron chi connectivity index (χ4n) is 1.85. The van der Waals surface area contributed by atoms with Crippen LogP contribution >= 0.6 is 0 Å². The summed E-state index contributed by atoms with van der Waals surface area (Å²) in [5.74, 6) is -0.174. The number of nitrogens with one attached hydrogen (secondary N) is 1. The van der Waals surface area contributed by atoms with Crippen molar-refractivity contribution < 1.29 is 9.90 Å². The highest BCUT2D eigenvalue weighted by atomic mass is 16.3. The van der Waals surface area contributed by atoms with Crippen molar-refractivity contribution in [3.8, 4) is 0 Å². The topological polar surface area (TPSA) is 75.3 Å². The zero-order valence-corrected chi connectivity index (χ0v) is 11.0. The van der Waals surface area contributed by atoms with Crippen molar-refractivity contribution in [3.63, 3.8) is 0 Å². The van der Waals surface area contributed by atoms with E-state index in [4.69, 9.17) is 5.73 Å². The predicted molar refractivity (Wildman–Crippen MR) is 71.8 cm³/mol. The van der Waals surface area contributed by atoms with Crippen LogP contribution in [0.25, 0.3) is 0 Å². The van der Waals surface area contributed by atoms with E-state index in [1.165, 1.54) is 0 Å². The number of amides is 1. The van der Waals surface area contributed by atoms with Crippen LogP contribution in [0.4, 0.5) is 0 Å². The summed E-state index contributed by atoms with van der Waals surface area (Å²) in [4.78, 5) is 10.8. The van der Waals surface area contributed by atoms with Crippen molar-refractivity contribution >= 4 is 5.91 Å². The van der Waals surface area contributed by atoms with E-state index < -0.39 is 12.0 Å². The highest BCUT2D eigenvalue weighted by Crippen LogP contribution is 2.20. The van der Waals surface area contributed by atoms with Crippen molar-refractivity contribution in [2.24, 2.45) is 11.7 Å². The first-order valence-electron chi connectivity index (χ1n) is 6.26. The number of carbonyl (C=O) groups excluding carboxylic acids is 1. The van der Waals surface area contributed by atoms with Crippen LogP contribution in [-0.2, 0) is 4.79 Å². The van der Waals surface area contributed by atoms with Gasteiger partial charge < -0.3 is 16.2 Å². The van der Waals surface area contributed by atoms with Gasteiger partial charge in [0.25, 0.3) is 0 Å². The van der Waals surface area contributed by atoms with Crippen molar-refractivity contribution in [2.45, 2.75) is 32.4 Å². The first kappa shape index (κ1) is 14.7. The predicted octanol–water partition coefficient (Wildman–Crippen LogP) is 1.21. The third-order valence-corrected chi connectivity index (χ3v) is 2.80. The molecule has 0 fully saturated rings. The molecule has 1 aromatic carbocycles. The molecule has 0 aliphatic carbocycles. The summed E-state index contributed by atoms with van der Waals surface area (Å²) >= 11 is 0. The summed E-state index contributed by atoms with van der Waals surface area (Å²) in [6.07, 6.45) is -0.196. The van der Waals surface area contributed by atoms with Crippen LogP contribution in [0.15, 0.2) is 30.3 Å². The Bertz CT molecular complexity index is 365. The summed E-state index contributed by atoms with van der Waals surface area (Å²) in [6, 6.07) is 10.1. The second kappa shape index (κ2) is 7.13. The summed E-state index contributed by atoms with van der Waals surface area (Å²) < 4.78 is 0. The van der Waals surface area contributed by atoms with Gasteiger partial charge in [-0.15, -0.1) is 0 Å². The van der Waals surface area contributed by atoms with Crippen LogP contribution in [0.1, 0.15) is 31.9 Å². The number of aliphatic hydroxyl groups excluding tert-OH is 1. The lowest BCUT2D eigenvalue weighted by Crippen LogP contribution is -2.39. The van der Waals surface area contributed by atoms with Crippen molar-refractivity contribution in [3.05, 3.63) is 35.9 Å². The SMILES string of the molecule is CC(C)CC(NCC(O)C(N)=O)c1ccccc1. The highest BCUT2D eigenvalue weighted by molar-refractivity contribution is 5.78. The monoisotopic (exact) mass is 250 g/mol. The maximum absolute atomic E-state index is 10.8. The van der Waals surface area contributed by atoms with Crippen molar-refractivity contribution in [2.75, 3.05) is 6.54 Å². The number of hydrogen-bond donors (Lipinski definition) is 3. The van der Waals surface area contributed by atoms with Gasteiger partial charge in [0.05, 0.1) is 0 Å². The van der Waals surface area contributed by atoms with Gasteiger partial charge in [0, 0.05) is 12.6 Å². The molecule has 4 N–H and O–H groups in total. The number of carbonyl (C=O) groups is 1. The van der Waals surface area contributed by atoms with E-state index in [2.05, 4.69) is 19.2 Å². The van der Waals surface area contributed by atoms with Crippen LogP contribution in [0.2, 0.25) is 0 Å². The van der Waals surface area contributed by atoms with Crippen molar-refractivity contribution in [1.29, 1.82) is 0 Å². The second-order valence-electron chi connectivity index (χ2n) is 4.92. The van der Waals surface area contributed by atoms with Gasteiger partial charge in [-0.3, -0.25) is 4.79 Å². The average Bonchev–Trinajstić information content (AvgIpc) is 2.34. The summed E-state index contributed by atoms with van der Waals surface area (Å²) in [5.41, 5.74) is 6.19. The molecule has 1 rings (SSSR count). The van der Waals surface area contributed by atoms with Crippen LogP contribution in [0.5, 0.6) is 0 Å². The molecule has 0 aliphatic rings. The molecule has 2 unspecified atom stereocenters. The maximum Gasteiger partial charge on any atom is 0.247 e. The number of rotatable bonds is 7. The molecule has 4 nitrogen and oxygen atoms in total. The third kappa shape index (κ3) is 4.85. The van der Waals surface area contributed by atoms with E-state index >= 15 is 0 Å².